The molecule has 0 N–H and O–H groups in total. The molecule has 1 fully saturated rings. The molecule has 11 heavy (non-hydrogen) atoms. The Labute approximate surface area is 66.1 Å². The molecule has 1 aliphatic rings. The van der Waals surface area contributed by atoms with Crippen molar-refractivity contribution >= 4 is 5.91 Å². The van der Waals surface area contributed by atoms with E-state index in [2.05, 4.69) is 0 Å². The van der Waals surface area contributed by atoms with E-state index in [-0.39, 0.29) is 12.1 Å². The van der Waals surface area contributed by atoms with Gasteiger partial charge in [0.05, 0.1) is 13.2 Å². The van der Waals surface area contributed by atoms with E-state index in [9.17, 15) is 4.79 Å². The van der Waals surface area contributed by atoms with Crippen LogP contribution in [0.5, 0.6) is 0 Å². The van der Waals surface area contributed by atoms with Crippen LogP contribution in [0.2, 0.25) is 0 Å². The number of hydrogen-bond donors (Lipinski definition) is 0. The van der Waals surface area contributed by atoms with Crippen molar-refractivity contribution < 1.29 is 14.3 Å². The highest BCUT2D eigenvalue weighted by Crippen LogP contribution is 2.06. The van der Waals surface area contributed by atoms with Crippen LogP contribution in [-0.4, -0.2) is 43.9 Å². The van der Waals surface area contributed by atoms with Gasteiger partial charge in [-0.2, -0.15) is 0 Å². The molecule has 1 rings (SSSR count). The monoisotopic (exact) mass is 159 g/mol. The van der Waals surface area contributed by atoms with Crippen molar-refractivity contribution in [3.8, 4) is 0 Å². The molecule has 0 aliphatic carbocycles. The van der Waals surface area contributed by atoms with Crippen molar-refractivity contribution in [1.82, 2.24) is 4.90 Å². The van der Waals surface area contributed by atoms with Crippen LogP contribution in [0.3, 0.4) is 0 Å². The number of ether oxygens (including phenoxy) is 2. The number of carbonyl (C=O) groups is 1. The van der Waals surface area contributed by atoms with E-state index in [1.54, 1.807) is 12.0 Å². The summed E-state index contributed by atoms with van der Waals surface area (Å²) < 4.78 is 10.2. The van der Waals surface area contributed by atoms with E-state index in [0.717, 1.165) is 0 Å². The molecule has 1 amide bonds. The first-order valence-corrected chi connectivity index (χ1v) is 3.63. The maximum atomic E-state index is 11.0. The van der Waals surface area contributed by atoms with Gasteiger partial charge in [-0.3, -0.25) is 4.79 Å². The number of hydrogen-bond acceptors (Lipinski definition) is 3. The minimum atomic E-state index is -0.193. The molecule has 1 unspecified atom stereocenters. The molecular weight excluding hydrogens is 146 g/mol. The van der Waals surface area contributed by atoms with Crippen LogP contribution in [-0.2, 0) is 14.3 Å². The zero-order valence-electron chi connectivity index (χ0n) is 6.87. The van der Waals surface area contributed by atoms with Gasteiger partial charge in [0.1, 0.15) is 0 Å². The highest BCUT2D eigenvalue weighted by Gasteiger charge is 2.23. The Morgan fingerprint density at radius 3 is 2.91 bits per heavy atom. The fourth-order valence-electron chi connectivity index (χ4n) is 1.14. The zero-order valence-corrected chi connectivity index (χ0v) is 6.87. The Morgan fingerprint density at radius 1 is 1.73 bits per heavy atom. The number of methoxy groups -OCH3 is 1. The largest absolute Gasteiger partial charge is 0.375 e. The van der Waals surface area contributed by atoms with Gasteiger partial charge in [-0.05, 0) is 0 Å². The lowest BCUT2D eigenvalue weighted by Crippen LogP contribution is -2.48. The molecule has 1 aliphatic heterocycles. The van der Waals surface area contributed by atoms with Gasteiger partial charge in [0.2, 0.25) is 5.91 Å². The number of morpholine rings is 1. The van der Waals surface area contributed by atoms with E-state index in [4.69, 9.17) is 9.47 Å². The van der Waals surface area contributed by atoms with Crippen LogP contribution in [0.4, 0.5) is 0 Å². The Bertz CT molecular complexity index is 149. The lowest BCUT2D eigenvalue weighted by Gasteiger charge is -2.33. The smallest absolute Gasteiger partial charge is 0.221 e. The first-order valence-electron chi connectivity index (χ1n) is 3.63. The van der Waals surface area contributed by atoms with E-state index in [0.29, 0.717) is 19.8 Å². The van der Waals surface area contributed by atoms with Crippen LogP contribution >= 0.6 is 0 Å². The van der Waals surface area contributed by atoms with Gasteiger partial charge in [-0.1, -0.05) is 0 Å². The SMILES string of the molecule is COC1COCCN1C(C)=O. The van der Waals surface area contributed by atoms with Crippen molar-refractivity contribution in [2.75, 3.05) is 26.9 Å². The van der Waals surface area contributed by atoms with E-state index in [1.807, 2.05) is 0 Å². The lowest BCUT2D eigenvalue weighted by molar-refractivity contribution is -0.160. The van der Waals surface area contributed by atoms with E-state index < -0.39 is 0 Å². The Kier molecular flexibility index (Phi) is 2.84. The Morgan fingerprint density at radius 2 is 2.45 bits per heavy atom. The molecule has 1 saturated heterocycles. The van der Waals surface area contributed by atoms with Gasteiger partial charge in [-0.25, -0.2) is 0 Å². The van der Waals surface area contributed by atoms with Gasteiger partial charge >= 0.3 is 0 Å². The van der Waals surface area contributed by atoms with Crippen molar-refractivity contribution in [1.29, 1.82) is 0 Å². The highest BCUT2D eigenvalue weighted by molar-refractivity contribution is 5.73. The third-order valence-electron chi connectivity index (χ3n) is 1.76. The van der Waals surface area contributed by atoms with E-state index >= 15 is 0 Å². The third kappa shape index (κ3) is 1.91. The topological polar surface area (TPSA) is 38.8 Å². The molecule has 1 heterocycles. The van der Waals surface area contributed by atoms with Crippen LogP contribution in [0.15, 0.2) is 0 Å². The molecule has 4 nitrogen and oxygen atoms in total. The van der Waals surface area contributed by atoms with Crippen molar-refractivity contribution in [2.45, 2.75) is 13.2 Å². The second-order valence-electron chi connectivity index (χ2n) is 2.48. The number of carbonyl (C=O) groups excluding carboxylic acids is 1. The standard InChI is InChI=1S/C7H13NO3/c1-6(9)8-3-4-11-5-7(8)10-2/h7H,3-5H2,1-2H3. The fraction of sp³-hybridized carbons (Fsp3) is 0.857. The quantitative estimate of drug-likeness (QED) is 0.533. The van der Waals surface area contributed by atoms with Crippen molar-refractivity contribution in [3.05, 3.63) is 0 Å². The normalized spacial score (nSPS) is 25.3. The predicted octanol–water partition coefficient (Wildman–Crippen LogP) is -0.162. The Balaban J connectivity index is 2.51. The molecule has 0 aromatic heterocycles. The summed E-state index contributed by atoms with van der Waals surface area (Å²) in [7, 11) is 1.58. The maximum absolute atomic E-state index is 11.0. The summed E-state index contributed by atoms with van der Waals surface area (Å²) in [6.07, 6.45) is -0.193. The van der Waals surface area contributed by atoms with Gasteiger partial charge in [0, 0.05) is 20.6 Å². The molecule has 1 atom stereocenters. The average molecular weight is 159 g/mol. The molecule has 0 aromatic rings. The second-order valence-corrected chi connectivity index (χ2v) is 2.48. The maximum Gasteiger partial charge on any atom is 0.221 e. The summed E-state index contributed by atoms with van der Waals surface area (Å²) >= 11 is 0. The van der Waals surface area contributed by atoms with E-state index in [1.165, 1.54) is 6.92 Å². The third-order valence-corrected chi connectivity index (χ3v) is 1.76. The predicted molar refractivity (Wildman–Crippen MR) is 39.0 cm³/mol. The van der Waals surface area contributed by atoms with Crippen LogP contribution in [0, 0.1) is 0 Å². The summed E-state index contributed by atoms with van der Waals surface area (Å²) in [5.41, 5.74) is 0. The summed E-state index contributed by atoms with van der Waals surface area (Å²) in [6.45, 7) is 3.26. The minimum Gasteiger partial charge on any atom is -0.375 e. The first kappa shape index (κ1) is 8.49. The van der Waals surface area contributed by atoms with Crippen LogP contribution in [0.25, 0.3) is 0 Å². The summed E-state index contributed by atoms with van der Waals surface area (Å²) in [5.74, 6) is 0.0418. The molecule has 4 heteroatoms. The summed E-state index contributed by atoms with van der Waals surface area (Å²) in [5, 5.41) is 0. The van der Waals surface area contributed by atoms with Crippen molar-refractivity contribution in [3.63, 3.8) is 0 Å². The van der Waals surface area contributed by atoms with Crippen molar-refractivity contribution in [2.24, 2.45) is 0 Å². The van der Waals surface area contributed by atoms with Gasteiger partial charge in [0.15, 0.2) is 6.23 Å². The molecular formula is C7H13NO3. The summed E-state index contributed by atoms with van der Waals surface area (Å²) in [4.78, 5) is 12.6. The van der Waals surface area contributed by atoms with Crippen LogP contribution in [0.1, 0.15) is 6.92 Å². The highest BCUT2D eigenvalue weighted by atomic mass is 16.5. The van der Waals surface area contributed by atoms with Gasteiger partial charge < -0.3 is 14.4 Å². The summed E-state index contributed by atoms with van der Waals surface area (Å²) in [6, 6.07) is 0. The number of amides is 1. The van der Waals surface area contributed by atoms with Gasteiger partial charge in [0.25, 0.3) is 0 Å². The lowest BCUT2D eigenvalue weighted by atomic mass is 10.4. The molecule has 0 radical (unpaired) electrons. The molecule has 64 valence electrons. The number of nitrogens with zero attached hydrogens (tertiary/aromatic N) is 1. The van der Waals surface area contributed by atoms with Gasteiger partial charge in [-0.15, -0.1) is 0 Å². The average Bonchev–Trinajstić information content (AvgIpc) is 2.04. The molecule has 0 aromatic carbocycles. The zero-order chi connectivity index (χ0) is 8.27. The van der Waals surface area contributed by atoms with Crippen LogP contribution < -0.4 is 0 Å². The number of rotatable bonds is 1. The minimum absolute atomic E-state index is 0.0418. The fourth-order valence-corrected chi connectivity index (χ4v) is 1.14. The molecule has 0 spiro atoms. The Hall–Kier alpha value is -0.610. The first-order chi connectivity index (χ1) is 5.25. The molecule has 0 saturated carbocycles. The second kappa shape index (κ2) is 3.69. The molecule has 0 bridgehead atoms.